The van der Waals surface area contributed by atoms with Gasteiger partial charge in [-0.1, -0.05) is 0 Å². The predicted molar refractivity (Wildman–Crippen MR) is 68.7 cm³/mol. The van der Waals surface area contributed by atoms with Crippen LogP contribution in [-0.2, 0) is 4.43 Å². The summed E-state index contributed by atoms with van der Waals surface area (Å²) in [5.41, 5.74) is -0.504. The van der Waals surface area contributed by atoms with Crippen molar-refractivity contribution in [2.24, 2.45) is 0 Å². The van der Waals surface area contributed by atoms with Crippen LogP contribution in [0.3, 0.4) is 0 Å². The lowest BCUT2D eigenvalue weighted by atomic mass is 9.92. The van der Waals surface area contributed by atoms with Gasteiger partial charge in [-0.05, 0) is 33.5 Å². The lowest BCUT2D eigenvalue weighted by Gasteiger charge is -2.41. The molecule has 0 aromatic rings. The fourth-order valence-electron chi connectivity index (χ4n) is 2.22. The van der Waals surface area contributed by atoms with Crippen LogP contribution >= 0.6 is 0 Å². The fourth-order valence-corrected chi connectivity index (χ4v) is 3.65. The molecule has 1 fully saturated rings. The van der Waals surface area contributed by atoms with E-state index >= 15 is 0 Å². The summed E-state index contributed by atoms with van der Waals surface area (Å²) in [7, 11) is -1.63. The Morgan fingerprint density at radius 1 is 1.25 bits per heavy atom. The molecule has 1 aliphatic heterocycles. The van der Waals surface area contributed by atoms with Crippen LogP contribution in [0.2, 0.25) is 19.6 Å². The molecule has 0 saturated carbocycles. The molecule has 92 valence electrons. The molecule has 0 aromatic carbocycles. The molecule has 1 saturated heterocycles. The Kier molecular flexibility index (Phi) is 4.16. The minimum absolute atomic E-state index is 0.504. The molecule has 0 bridgehead atoms. The first-order valence-electron chi connectivity index (χ1n) is 6.13. The van der Waals surface area contributed by atoms with Gasteiger partial charge in [0.15, 0.2) is 8.32 Å². The number of piperidine rings is 1. The molecule has 0 aromatic heterocycles. The summed E-state index contributed by atoms with van der Waals surface area (Å²) in [5, 5.41) is 9.36. The number of hydrogen-bond donors (Lipinski definition) is 0. The third-order valence-electron chi connectivity index (χ3n) is 3.04. The molecule has 1 aliphatic rings. The number of nitriles is 1. The average Bonchev–Trinajstić information content (AvgIpc) is 2.16. The molecule has 0 N–H and O–H groups in total. The second-order valence-corrected chi connectivity index (χ2v) is 10.4. The smallest absolute Gasteiger partial charge is 0.185 e. The molecule has 0 radical (unpaired) electrons. The van der Waals surface area contributed by atoms with E-state index in [1.165, 1.54) is 0 Å². The highest BCUT2D eigenvalue weighted by Gasteiger charge is 2.39. The molecule has 16 heavy (non-hydrogen) atoms. The summed E-state index contributed by atoms with van der Waals surface area (Å²) in [6, 6.07) is 2.99. The van der Waals surface area contributed by atoms with E-state index in [1.54, 1.807) is 0 Å². The molecule has 0 amide bonds. The van der Waals surface area contributed by atoms with Crippen molar-refractivity contribution in [3.8, 4) is 6.07 Å². The van der Waals surface area contributed by atoms with Gasteiger partial charge in [-0.15, -0.1) is 0 Å². The molecular weight excluding hydrogens is 216 g/mol. The maximum atomic E-state index is 9.36. The maximum Gasteiger partial charge on any atom is 0.185 e. The molecule has 3 nitrogen and oxygen atoms in total. The molecule has 0 spiro atoms. The minimum Gasteiger partial charge on any atom is -0.400 e. The highest BCUT2D eigenvalue weighted by atomic mass is 28.4. The SMILES string of the molecule is CC(C)N1CCC(C#N)(O[Si](C)(C)C)CC1. The largest absolute Gasteiger partial charge is 0.400 e. The van der Waals surface area contributed by atoms with Crippen LogP contribution < -0.4 is 0 Å². The van der Waals surface area contributed by atoms with E-state index in [2.05, 4.69) is 44.5 Å². The van der Waals surface area contributed by atoms with Gasteiger partial charge in [-0.2, -0.15) is 5.26 Å². The van der Waals surface area contributed by atoms with Gasteiger partial charge in [0.1, 0.15) is 5.60 Å². The van der Waals surface area contributed by atoms with E-state index < -0.39 is 13.9 Å². The second-order valence-electron chi connectivity index (χ2n) is 5.95. The average molecular weight is 240 g/mol. The van der Waals surface area contributed by atoms with Crippen molar-refractivity contribution in [1.82, 2.24) is 4.90 Å². The first-order chi connectivity index (χ1) is 7.28. The Hall–Kier alpha value is -0.373. The summed E-state index contributed by atoms with van der Waals surface area (Å²) in [4.78, 5) is 2.42. The van der Waals surface area contributed by atoms with Gasteiger partial charge in [-0.3, -0.25) is 0 Å². The van der Waals surface area contributed by atoms with E-state index in [4.69, 9.17) is 4.43 Å². The van der Waals surface area contributed by atoms with Crippen LogP contribution in [0.15, 0.2) is 0 Å². The van der Waals surface area contributed by atoms with Crippen LogP contribution in [0.1, 0.15) is 26.7 Å². The number of nitrogens with zero attached hydrogens (tertiary/aromatic N) is 2. The molecule has 4 heteroatoms. The minimum atomic E-state index is -1.63. The molecule has 0 unspecified atom stereocenters. The van der Waals surface area contributed by atoms with Crippen LogP contribution in [0.5, 0.6) is 0 Å². The van der Waals surface area contributed by atoms with Crippen molar-refractivity contribution in [3.05, 3.63) is 0 Å². The lowest BCUT2D eigenvalue weighted by molar-refractivity contribution is 0.0300. The number of hydrogen-bond acceptors (Lipinski definition) is 3. The van der Waals surface area contributed by atoms with E-state index in [0.717, 1.165) is 25.9 Å². The highest BCUT2D eigenvalue weighted by Crippen LogP contribution is 2.29. The van der Waals surface area contributed by atoms with Gasteiger partial charge in [0, 0.05) is 32.0 Å². The van der Waals surface area contributed by atoms with Crippen molar-refractivity contribution in [1.29, 1.82) is 5.26 Å². The quantitative estimate of drug-likeness (QED) is 0.712. The van der Waals surface area contributed by atoms with Gasteiger partial charge in [-0.25, -0.2) is 0 Å². The summed E-state index contributed by atoms with van der Waals surface area (Å²) in [5.74, 6) is 0. The molecule has 1 heterocycles. The van der Waals surface area contributed by atoms with Crippen LogP contribution in [0.25, 0.3) is 0 Å². The van der Waals surface area contributed by atoms with Gasteiger partial charge in [0.2, 0.25) is 0 Å². The van der Waals surface area contributed by atoms with E-state index in [1.807, 2.05) is 0 Å². The van der Waals surface area contributed by atoms with Gasteiger partial charge >= 0.3 is 0 Å². The third-order valence-corrected chi connectivity index (χ3v) is 4.04. The Balaban J connectivity index is 2.63. The summed E-state index contributed by atoms with van der Waals surface area (Å²) in [6.07, 6.45) is 1.71. The molecule has 1 rings (SSSR count). The zero-order valence-electron chi connectivity index (χ0n) is 11.2. The standard InChI is InChI=1S/C12H24N2OSi/c1-11(2)14-8-6-12(10-13,7-9-14)15-16(3,4)5/h11H,6-9H2,1-5H3. The Morgan fingerprint density at radius 3 is 2.06 bits per heavy atom. The van der Waals surface area contributed by atoms with Crippen LogP contribution in [0, 0.1) is 11.3 Å². The Bertz CT molecular complexity index is 270. The zero-order valence-corrected chi connectivity index (χ0v) is 12.2. The molecular formula is C12H24N2OSi. The first kappa shape index (κ1) is 13.7. The van der Waals surface area contributed by atoms with Crippen molar-refractivity contribution < 1.29 is 4.43 Å². The third kappa shape index (κ3) is 3.58. The van der Waals surface area contributed by atoms with Gasteiger partial charge < -0.3 is 9.33 Å². The zero-order chi connectivity index (χ0) is 12.4. The normalized spacial score (nSPS) is 22.1. The number of likely N-dealkylation sites (tertiary alicyclic amines) is 1. The fraction of sp³-hybridized carbons (Fsp3) is 0.917. The summed E-state index contributed by atoms with van der Waals surface area (Å²) < 4.78 is 6.09. The highest BCUT2D eigenvalue weighted by molar-refractivity contribution is 6.69. The summed E-state index contributed by atoms with van der Waals surface area (Å²) in [6.45, 7) is 12.8. The van der Waals surface area contributed by atoms with Crippen molar-refractivity contribution in [3.63, 3.8) is 0 Å². The van der Waals surface area contributed by atoms with Gasteiger partial charge in [0.05, 0.1) is 6.07 Å². The lowest BCUT2D eigenvalue weighted by Crippen LogP contribution is -2.51. The topological polar surface area (TPSA) is 36.3 Å². The van der Waals surface area contributed by atoms with Crippen LogP contribution in [-0.4, -0.2) is 37.9 Å². The van der Waals surface area contributed by atoms with Crippen LogP contribution in [0.4, 0.5) is 0 Å². The van der Waals surface area contributed by atoms with E-state index in [-0.39, 0.29) is 0 Å². The first-order valence-corrected chi connectivity index (χ1v) is 9.54. The molecule has 0 aliphatic carbocycles. The van der Waals surface area contributed by atoms with Crippen molar-refractivity contribution in [2.75, 3.05) is 13.1 Å². The molecule has 0 atom stereocenters. The number of rotatable bonds is 3. The maximum absolute atomic E-state index is 9.36. The second kappa shape index (κ2) is 4.87. The Labute approximate surface area is 101 Å². The van der Waals surface area contributed by atoms with Crippen molar-refractivity contribution in [2.45, 2.75) is 58.0 Å². The Morgan fingerprint density at radius 2 is 1.75 bits per heavy atom. The van der Waals surface area contributed by atoms with E-state index in [0.29, 0.717) is 6.04 Å². The summed E-state index contributed by atoms with van der Waals surface area (Å²) >= 11 is 0. The van der Waals surface area contributed by atoms with E-state index in [9.17, 15) is 5.26 Å². The van der Waals surface area contributed by atoms with Crippen molar-refractivity contribution >= 4 is 8.32 Å². The predicted octanol–water partition coefficient (Wildman–Crippen LogP) is 2.60. The van der Waals surface area contributed by atoms with Gasteiger partial charge in [0.25, 0.3) is 0 Å². The monoisotopic (exact) mass is 240 g/mol.